The van der Waals surface area contributed by atoms with Crippen LogP contribution in [0.5, 0.6) is 5.19 Å². The molecule has 1 saturated heterocycles. The van der Waals surface area contributed by atoms with Gasteiger partial charge < -0.3 is 9.64 Å². The molecule has 0 N–H and O–H groups in total. The molecular weight excluding hydrogens is 434 g/mol. The van der Waals surface area contributed by atoms with Gasteiger partial charge in [-0.25, -0.2) is 9.97 Å². The lowest BCUT2D eigenvalue weighted by Crippen LogP contribution is -2.42. The predicted octanol–water partition coefficient (Wildman–Crippen LogP) is 5.38. The summed E-state index contributed by atoms with van der Waals surface area (Å²) in [4.78, 5) is 23.8. The molecule has 30 heavy (non-hydrogen) atoms. The summed E-state index contributed by atoms with van der Waals surface area (Å²) < 4.78 is 9.41. The zero-order valence-electron chi connectivity index (χ0n) is 16.5. The number of amides is 1. The van der Waals surface area contributed by atoms with Crippen LogP contribution < -0.4 is 4.74 Å². The number of aromatic nitrogens is 2. The maximum absolute atomic E-state index is 12.6. The highest BCUT2D eigenvalue weighted by molar-refractivity contribution is 8.01. The van der Waals surface area contributed by atoms with Gasteiger partial charge in [-0.05, 0) is 30.7 Å². The van der Waals surface area contributed by atoms with Gasteiger partial charge >= 0.3 is 0 Å². The number of hydrogen-bond donors (Lipinski definition) is 0. The fourth-order valence-electron chi connectivity index (χ4n) is 3.61. The Labute approximate surface area is 187 Å². The van der Waals surface area contributed by atoms with E-state index in [1.165, 1.54) is 17.3 Å². The van der Waals surface area contributed by atoms with E-state index in [9.17, 15) is 4.79 Å². The molecule has 5 rings (SSSR count). The first-order valence-corrected chi connectivity index (χ1v) is 12.6. The first-order chi connectivity index (χ1) is 14.7. The van der Waals surface area contributed by atoms with Crippen LogP contribution in [0.25, 0.3) is 20.4 Å². The van der Waals surface area contributed by atoms with Crippen molar-refractivity contribution in [2.75, 3.05) is 18.8 Å². The number of nitrogens with zero attached hydrogens (tertiary/aromatic N) is 3. The normalized spacial score (nSPS) is 15.2. The molecule has 8 heteroatoms. The summed E-state index contributed by atoms with van der Waals surface area (Å²) in [5, 5.41) is 0.732. The summed E-state index contributed by atoms with van der Waals surface area (Å²) >= 11 is 4.77. The minimum absolute atomic E-state index is 0.117. The molecule has 3 heterocycles. The van der Waals surface area contributed by atoms with Gasteiger partial charge in [0.15, 0.2) is 4.34 Å². The van der Waals surface area contributed by atoms with Crippen LogP contribution in [0.3, 0.4) is 0 Å². The number of fused-ring (bicyclic) bond motifs is 2. The van der Waals surface area contributed by atoms with Gasteiger partial charge in [0, 0.05) is 25.9 Å². The van der Waals surface area contributed by atoms with Crippen molar-refractivity contribution in [1.82, 2.24) is 14.9 Å². The van der Waals surface area contributed by atoms with E-state index in [2.05, 4.69) is 41.2 Å². The van der Waals surface area contributed by atoms with Crippen LogP contribution in [-0.4, -0.2) is 45.7 Å². The van der Waals surface area contributed by atoms with E-state index < -0.39 is 0 Å². The van der Waals surface area contributed by atoms with Gasteiger partial charge in [-0.3, -0.25) is 4.79 Å². The summed E-state index contributed by atoms with van der Waals surface area (Å²) in [5.41, 5.74) is 3.20. The summed E-state index contributed by atoms with van der Waals surface area (Å²) in [6.45, 7) is 3.53. The van der Waals surface area contributed by atoms with Gasteiger partial charge in [0.25, 0.3) is 5.19 Å². The minimum atomic E-state index is 0.117. The third-order valence-electron chi connectivity index (χ3n) is 5.26. The molecule has 0 radical (unpaired) electrons. The van der Waals surface area contributed by atoms with Crippen molar-refractivity contribution < 1.29 is 9.53 Å². The second kappa shape index (κ2) is 8.53. The summed E-state index contributed by atoms with van der Waals surface area (Å²) in [5.74, 6) is 0.607. The molecule has 0 atom stereocenters. The number of carbonyl (C=O) groups excluding carboxylic acids is 1. The summed E-state index contributed by atoms with van der Waals surface area (Å²) in [6.07, 6.45) is 1.80. The van der Waals surface area contributed by atoms with Crippen LogP contribution in [0.15, 0.2) is 46.8 Å². The highest BCUT2D eigenvalue weighted by Gasteiger charge is 2.25. The van der Waals surface area contributed by atoms with E-state index in [1.54, 1.807) is 22.7 Å². The Morgan fingerprint density at radius 1 is 1.10 bits per heavy atom. The molecule has 2 aromatic heterocycles. The number of thiazole rings is 2. The smallest absolute Gasteiger partial charge is 0.274 e. The van der Waals surface area contributed by atoms with E-state index in [1.807, 2.05) is 23.1 Å². The SMILES string of the molecule is Cc1cccc2sc(OC3CCN(C(=O)CSc4nc5ccccc5s4)CC3)nc12. The number of piperidine rings is 1. The second-order valence-electron chi connectivity index (χ2n) is 7.34. The lowest BCUT2D eigenvalue weighted by molar-refractivity contribution is -0.130. The number of thioether (sulfide) groups is 1. The van der Waals surface area contributed by atoms with E-state index >= 15 is 0 Å². The fourth-order valence-corrected chi connectivity index (χ4v) is 6.54. The molecule has 0 aliphatic carbocycles. The minimum Gasteiger partial charge on any atom is -0.467 e. The van der Waals surface area contributed by atoms with Crippen molar-refractivity contribution in [2.45, 2.75) is 30.2 Å². The Kier molecular flexibility index (Phi) is 5.62. The highest BCUT2D eigenvalue weighted by Crippen LogP contribution is 2.32. The third-order valence-corrected chi connectivity index (χ3v) is 8.33. The second-order valence-corrected chi connectivity index (χ2v) is 10.6. The first-order valence-electron chi connectivity index (χ1n) is 9.95. The topological polar surface area (TPSA) is 55.3 Å². The van der Waals surface area contributed by atoms with Crippen molar-refractivity contribution in [1.29, 1.82) is 0 Å². The Hall–Kier alpha value is -2.16. The van der Waals surface area contributed by atoms with Crippen LogP contribution in [0, 0.1) is 6.92 Å². The highest BCUT2D eigenvalue weighted by atomic mass is 32.2. The predicted molar refractivity (Wildman–Crippen MR) is 125 cm³/mol. The molecule has 1 aliphatic heterocycles. The van der Waals surface area contributed by atoms with Crippen LogP contribution in [0.2, 0.25) is 0 Å². The number of benzene rings is 2. The average molecular weight is 456 g/mol. The maximum atomic E-state index is 12.6. The van der Waals surface area contributed by atoms with Gasteiger partial charge in [-0.15, -0.1) is 11.3 Å². The number of rotatable bonds is 5. The van der Waals surface area contributed by atoms with Crippen LogP contribution in [0.4, 0.5) is 0 Å². The zero-order chi connectivity index (χ0) is 20.5. The van der Waals surface area contributed by atoms with E-state index in [0.717, 1.165) is 55.9 Å². The third kappa shape index (κ3) is 4.17. The van der Waals surface area contributed by atoms with Crippen molar-refractivity contribution in [2.24, 2.45) is 0 Å². The lowest BCUT2D eigenvalue weighted by atomic mass is 10.1. The van der Waals surface area contributed by atoms with Gasteiger partial charge in [-0.1, -0.05) is 47.4 Å². The van der Waals surface area contributed by atoms with Gasteiger partial charge in [-0.2, -0.15) is 0 Å². The van der Waals surface area contributed by atoms with Crippen molar-refractivity contribution in [3.05, 3.63) is 48.0 Å². The molecule has 1 fully saturated rings. The fraction of sp³-hybridized carbons (Fsp3) is 0.318. The van der Waals surface area contributed by atoms with E-state index in [0.29, 0.717) is 5.75 Å². The summed E-state index contributed by atoms with van der Waals surface area (Å²) in [7, 11) is 0. The number of aryl methyl sites for hydroxylation is 1. The molecule has 0 bridgehead atoms. The maximum Gasteiger partial charge on any atom is 0.274 e. The number of hydrogen-bond acceptors (Lipinski definition) is 7. The quantitative estimate of drug-likeness (QED) is 0.378. The number of ether oxygens (including phenoxy) is 1. The monoisotopic (exact) mass is 455 g/mol. The molecule has 0 unspecified atom stereocenters. The molecule has 2 aromatic carbocycles. The average Bonchev–Trinajstić information content (AvgIpc) is 3.36. The van der Waals surface area contributed by atoms with Gasteiger partial charge in [0.2, 0.25) is 5.91 Å². The molecule has 0 saturated carbocycles. The van der Waals surface area contributed by atoms with Crippen LogP contribution in [-0.2, 0) is 4.79 Å². The van der Waals surface area contributed by atoms with Gasteiger partial charge in [0.05, 0.1) is 26.2 Å². The van der Waals surface area contributed by atoms with Crippen LogP contribution in [0.1, 0.15) is 18.4 Å². The Bertz CT molecular complexity index is 1160. The molecular formula is C22H21N3O2S3. The number of likely N-dealkylation sites (tertiary alicyclic amines) is 1. The molecule has 1 aliphatic rings. The van der Waals surface area contributed by atoms with Gasteiger partial charge in [0.1, 0.15) is 6.10 Å². The first kappa shape index (κ1) is 19.8. The molecule has 4 aromatic rings. The summed E-state index contributed by atoms with van der Waals surface area (Å²) in [6, 6.07) is 14.3. The van der Waals surface area contributed by atoms with Crippen molar-refractivity contribution in [3.63, 3.8) is 0 Å². The number of carbonyl (C=O) groups is 1. The van der Waals surface area contributed by atoms with Crippen molar-refractivity contribution >= 4 is 60.8 Å². The largest absolute Gasteiger partial charge is 0.467 e. The Balaban J connectivity index is 1.13. The van der Waals surface area contributed by atoms with E-state index in [4.69, 9.17) is 4.74 Å². The molecule has 0 spiro atoms. The van der Waals surface area contributed by atoms with Crippen LogP contribution >= 0.6 is 34.4 Å². The van der Waals surface area contributed by atoms with Crippen molar-refractivity contribution in [3.8, 4) is 5.19 Å². The zero-order valence-corrected chi connectivity index (χ0v) is 19.0. The molecule has 5 nitrogen and oxygen atoms in total. The standard InChI is InChI=1S/C22H21N3O2S3/c1-14-5-4-8-18-20(14)24-21(29-18)27-15-9-11-25(12-10-15)19(26)13-28-22-23-16-6-2-3-7-17(16)30-22/h2-8,15H,9-13H2,1H3. The number of para-hydroxylation sites is 2. The van der Waals surface area contributed by atoms with E-state index in [-0.39, 0.29) is 12.0 Å². The molecule has 1 amide bonds. The Morgan fingerprint density at radius 3 is 2.70 bits per heavy atom. The lowest BCUT2D eigenvalue weighted by Gasteiger charge is -2.31. The Morgan fingerprint density at radius 2 is 1.90 bits per heavy atom. The molecule has 154 valence electrons.